The number of nitrogens with one attached hydrogen (secondary N) is 2. The van der Waals surface area contributed by atoms with Gasteiger partial charge in [-0.25, -0.2) is 0 Å². The maximum absolute atomic E-state index is 13.2. The van der Waals surface area contributed by atoms with Crippen molar-refractivity contribution in [2.75, 3.05) is 46.4 Å². The number of likely N-dealkylation sites (tertiary alicyclic amines) is 2. The first-order valence-corrected chi connectivity index (χ1v) is 14.6. The number of nitrogens with zero attached hydrogens (tertiary/aromatic N) is 2. The number of aromatic nitrogens is 1. The van der Waals surface area contributed by atoms with Crippen molar-refractivity contribution in [2.45, 2.75) is 45.3 Å². The van der Waals surface area contributed by atoms with Crippen molar-refractivity contribution in [3.8, 4) is 11.5 Å². The number of methoxy groups -OCH3 is 1. The van der Waals surface area contributed by atoms with Crippen LogP contribution in [-0.2, 0) is 6.61 Å². The van der Waals surface area contributed by atoms with Crippen molar-refractivity contribution in [1.82, 2.24) is 20.1 Å². The van der Waals surface area contributed by atoms with Gasteiger partial charge in [-0.3, -0.25) is 4.79 Å². The summed E-state index contributed by atoms with van der Waals surface area (Å²) in [7, 11) is 1.63. The molecule has 1 unspecified atom stereocenters. The Morgan fingerprint density at radius 3 is 2.65 bits per heavy atom. The Morgan fingerprint density at radius 1 is 1.02 bits per heavy atom. The Morgan fingerprint density at radius 2 is 1.82 bits per heavy atom. The summed E-state index contributed by atoms with van der Waals surface area (Å²) in [6, 6.07) is 13.8. The topological polar surface area (TPSA) is 83.0 Å². The van der Waals surface area contributed by atoms with Crippen LogP contribution in [0.1, 0.15) is 48.7 Å². The third-order valence-electron chi connectivity index (χ3n) is 8.51. The first-order chi connectivity index (χ1) is 19.6. The van der Waals surface area contributed by atoms with Gasteiger partial charge in [0.2, 0.25) is 0 Å². The van der Waals surface area contributed by atoms with Crippen molar-refractivity contribution in [2.24, 2.45) is 5.92 Å². The molecule has 212 valence electrons. The van der Waals surface area contributed by atoms with Crippen molar-refractivity contribution in [3.63, 3.8) is 0 Å². The predicted octanol–water partition coefficient (Wildman–Crippen LogP) is 5.43. The van der Waals surface area contributed by atoms with Crippen LogP contribution in [0.15, 0.2) is 53.1 Å². The summed E-state index contributed by atoms with van der Waals surface area (Å²) >= 11 is 0. The van der Waals surface area contributed by atoms with Crippen molar-refractivity contribution in [3.05, 3.63) is 60.0 Å². The van der Waals surface area contributed by atoms with Crippen molar-refractivity contribution < 1.29 is 18.7 Å². The largest absolute Gasteiger partial charge is 0.493 e. The van der Waals surface area contributed by atoms with Crippen LogP contribution in [-0.4, -0.2) is 73.1 Å². The van der Waals surface area contributed by atoms with Gasteiger partial charge in [-0.05, 0) is 62.4 Å². The summed E-state index contributed by atoms with van der Waals surface area (Å²) in [5, 5.41) is 5.11. The van der Waals surface area contributed by atoms with Gasteiger partial charge in [-0.15, -0.1) is 0 Å². The lowest BCUT2D eigenvalue weighted by atomic mass is 10.0. The van der Waals surface area contributed by atoms with E-state index in [0.29, 0.717) is 23.6 Å². The van der Waals surface area contributed by atoms with Gasteiger partial charge in [0.1, 0.15) is 18.1 Å². The number of hydrogen-bond donors (Lipinski definition) is 2. The Bertz CT molecular complexity index is 1450. The van der Waals surface area contributed by atoms with Gasteiger partial charge in [0.25, 0.3) is 5.91 Å². The lowest BCUT2D eigenvalue weighted by Gasteiger charge is -2.36. The molecule has 6 rings (SSSR count). The summed E-state index contributed by atoms with van der Waals surface area (Å²) in [4.78, 5) is 21.6. The fourth-order valence-electron chi connectivity index (χ4n) is 6.22. The molecule has 8 heteroatoms. The fraction of sp³-hybridized carbons (Fsp3) is 0.469. The second-order valence-electron chi connectivity index (χ2n) is 11.4. The van der Waals surface area contributed by atoms with E-state index in [1.807, 2.05) is 42.5 Å². The zero-order valence-corrected chi connectivity index (χ0v) is 23.6. The number of H-pyrrole nitrogens is 1. The Hall–Kier alpha value is -3.49. The maximum atomic E-state index is 13.2. The van der Waals surface area contributed by atoms with E-state index < -0.39 is 0 Å². The second kappa shape index (κ2) is 11.9. The summed E-state index contributed by atoms with van der Waals surface area (Å²) in [5.41, 5.74) is 3.09. The molecule has 4 heterocycles. The lowest BCUT2D eigenvalue weighted by molar-refractivity contribution is 0.0898. The van der Waals surface area contributed by atoms with E-state index in [2.05, 4.69) is 27.0 Å². The summed E-state index contributed by atoms with van der Waals surface area (Å²) in [6.07, 6.45) is 6.38. The average Bonchev–Trinajstić information content (AvgIpc) is 3.61. The van der Waals surface area contributed by atoms with E-state index in [9.17, 15) is 4.79 Å². The molecule has 0 aliphatic carbocycles. The number of carbonyl (C=O) groups is 1. The summed E-state index contributed by atoms with van der Waals surface area (Å²) < 4.78 is 17.4. The number of carbonyl (C=O) groups excluding carboxylic acids is 1. The Balaban J connectivity index is 1.04. The monoisotopic (exact) mass is 544 g/mol. The van der Waals surface area contributed by atoms with Gasteiger partial charge in [-0.2, -0.15) is 0 Å². The molecule has 40 heavy (non-hydrogen) atoms. The SMILES string of the molecule is COc1cccc2c(COc3cccc4[nH]c(C(=O)NC5CCN(CCN6CCCC(C)C6)CC5)cc34)coc12. The van der Waals surface area contributed by atoms with E-state index >= 15 is 0 Å². The van der Waals surface area contributed by atoms with Crippen LogP contribution in [0.3, 0.4) is 0 Å². The van der Waals surface area contributed by atoms with Crippen molar-refractivity contribution >= 4 is 27.8 Å². The highest BCUT2D eigenvalue weighted by atomic mass is 16.5. The predicted molar refractivity (Wildman–Crippen MR) is 157 cm³/mol. The molecule has 8 nitrogen and oxygen atoms in total. The van der Waals surface area contributed by atoms with E-state index in [0.717, 1.165) is 72.5 Å². The van der Waals surface area contributed by atoms with Gasteiger partial charge in [0.05, 0.1) is 13.4 Å². The highest BCUT2D eigenvalue weighted by molar-refractivity contribution is 5.99. The summed E-state index contributed by atoms with van der Waals surface area (Å²) in [5.74, 6) is 2.19. The Kier molecular flexibility index (Phi) is 7.98. The number of benzene rings is 2. The first kappa shape index (κ1) is 26.7. The van der Waals surface area contributed by atoms with Crippen LogP contribution >= 0.6 is 0 Å². The maximum Gasteiger partial charge on any atom is 0.267 e. The number of aromatic amines is 1. The Labute approximate surface area is 235 Å². The number of amides is 1. The molecule has 2 aromatic heterocycles. The molecular formula is C32H40N4O4. The molecule has 2 saturated heterocycles. The zero-order valence-electron chi connectivity index (χ0n) is 23.6. The minimum absolute atomic E-state index is 0.0594. The van der Waals surface area contributed by atoms with Crippen LogP contribution < -0.4 is 14.8 Å². The normalized spacial score (nSPS) is 19.3. The third kappa shape index (κ3) is 5.83. The minimum Gasteiger partial charge on any atom is -0.493 e. The molecule has 0 spiro atoms. The number of hydrogen-bond acceptors (Lipinski definition) is 6. The van der Waals surface area contributed by atoms with Crippen LogP contribution in [0.4, 0.5) is 0 Å². The molecule has 0 bridgehead atoms. The van der Waals surface area contributed by atoms with Gasteiger partial charge in [0.15, 0.2) is 11.3 Å². The number of ether oxygens (including phenoxy) is 2. The van der Waals surface area contributed by atoms with E-state index in [4.69, 9.17) is 13.9 Å². The standard InChI is InChI=1S/C32H40N4O4/c1-22-6-5-13-36(19-22)17-16-35-14-11-24(12-15-35)33-32(37)28-18-26-27(34-28)8-4-9-29(26)39-20-23-21-40-31-25(23)7-3-10-30(31)38-2/h3-4,7-10,18,21-22,24,34H,5-6,11-17,19-20H2,1-2H3,(H,33,37). The molecule has 2 N–H and O–H groups in total. The number of furan rings is 1. The highest BCUT2D eigenvalue weighted by Crippen LogP contribution is 2.32. The summed E-state index contributed by atoms with van der Waals surface area (Å²) in [6.45, 7) is 9.54. The molecule has 0 saturated carbocycles. The number of para-hydroxylation sites is 1. The molecule has 2 fully saturated rings. The van der Waals surface area contributed by atoms with Gasteiger partial charge in [0, 0.05) is 60.6 Å². The van der Waals surface area contributed by atoms with E-state index in [1.165, 1.54) is 25.9 Å². The van der Waals surface area contributed by atoms with Gasteiger partial charge >= 0.3 is 0 Å². The number of rotatable bonds is 9. The molecule has 1 amide bonds. The zero-order chi connectivity index (χ0) is 27.5. The smallest absolute Gasteiger partial charge is 0.267 e. The van der Waals surface area contributed by atoms with Crippen LogP contribution in [0.2, 0.25) is 0 Å². The van der Waals surface area contributed by atoms with E-state index in [1.54, 1.807) is 13.4 Å². The average molecular weight is 545 g/mol. The number of fused-ring (bicyclic) bond motifs is 2. The number of piperidine rings is 2. The van der Waals surface area contributed by atoms with Gasteiger partial charge < -0.3 is 34.0 Å². The molecule has 0 radical (unpaired) electrons. The van der Waals surface area contributed by atoms with Crippen LogP contribution in [0.25, 0.3) is 21.9 Å². The molecule has 1 atom stereocenters. The molecule has 2 aliphatic heterocycles. The molecule has 2 aromatic carbocycles. The van der Waals surface area contributed by atoms with Crippen LogP contribution in [0.5, 0.6) is 11.5 Å². The van der Waals surface area contributed by atoms with E-state index in [-0.39, 0.29) is 11.9 Å². The lowest BCUT2D eigenvalue weighted by Crippen LogP contribution is -2.47. The van der Waals surface area contributed by atoms with Gasteiger partial charge in [-0.1, -0.05) is 25.1 Å². The molecular weight excluding hydrogens is 504 g/mol. The quantitative estimate of drug-likeness (QED) is 0.293. The first-order valence-electron chi connectivity index (χ1n) is 14.6. The third-order valence-corrected chi connectivity index (χ3v) is 8.51. The second-order valence-corrected chi connectivity index (χ2v) is 11.4. The fourth-order valence-corrected chi connectivity index (χ4v) is 6.22. The van der Waals surface area contributed by atoms with Crippen LogP contribution in [0, 0.1) is 5.92 Å². The van der Waals surface area contributed by atoms with Crippen molar-refractivity contribution in [1.29, 1.82) is 0 Å². The molecule has 4 aromatic rings. The molecule has 2 aliphatic rings. The minimum atomic E-state index is -0.0594. The highest BCUT2D eigenvalue weighted by Gasteiger charge is 2.23.